The van der Waals surface area contributed by atoms with Gasteiger partial charge in [0.1, 0.15) is 0 Å². The summed E-state index contributed by atoms with van der Waals surface area (Å²) in [6.07, 6.45) is 2.95. The first-order chi connectivity index (χ1) is 16.9. The molecule has 0 saturated heterocycles. The first-order valence-electron chi connectivity index (χ1n) is 12.8. The molecule has 0 aromatic heterocycles. The lowest BCUT2D eigenvalue weighted by molar-refractivity contribution is 0.0949. The second kappa shape index (κ2) is 13.8. The molecule has 0 aliphatic heterocycles. The Labute approximate surface area is 211 Å². The van der Waals surface area contributed by atoms with E-state index in [0.717, 1.165) is 32.4 Å². The minimum Gasteiger partial charge on any atom is -0.350 e. The number of carbonyl (C=O) groups excluding carboxylic acids is 1. The standard InChI is InChI=1S/C31H41N3O/c1-31(2,3)19-20-32-28(21-25-13-7-4-8-14-25)23-33-29(22-26-15-9-5-10-16-26)24-34-30(35)27-17-11-6-12-18-27/h4-18,28-29,32-33H,19-24H2,1-3H3,(H,34,35). The molecule has 0 bridgehead atoms. The highest BCUT2D eigenvalue weighted by Crippen LogP contribution is 2.17. The Kier molecular flexibility index (Phi) is 10.5. The molecule has 2 unspecified atom stereocenters. The minimum atomic E-state index is -0.0328. The van der Waals surface area contributed by atoms with E-state index in [1.165, 1.54) is 11.1 Å². The molecule has 186 valence electrons. The SMILES string of the molecule is CC(C)(C)CCNC(CNC(CNC(=O)c1ccccc1)Cc1ccccc1)Cc1ccccc1. The molecule has 2 atom stereocenters. The van der Waals surface area contributed by atoms with E-state index < -0.39 is 0 Å². The predicted molar refractivity (Wildman–Crippen MR) is 147 cm³/mol. The van der Waals surface area contributed by atoms with E-state index in [0.29, 0.717) is 23.6 Å². The van der Waals surface area contributed by atoms with E-state index in [9.17, 15) is 4.79 Å². The highest BCUT2D eigenvalue weighted by atomic mass is 16.1. The van der Waals surface area contributed by atoms with Gasteiger partial charge in [0.2, 0.25) is 0 Å². The maximum Gasteiger partial charge on any atom is 0.251 e. The van der Waals surface area contributed by atoms with Crippen molar-refractivity contribution in [3.8, 4) is 0 Å². The van der Waals surface area contributed by atoms with Gasteiger partial charge in [-0.3, -0.25) is 4.79 Å². The molecule has 0 saturated carbocycles. The van der Waals surface area contributed by atoms with Crippen LogP contribution in [0.2, 0.25) is 0 Å². The Morgan fingerprint density at radius 2 is 1.17 bits per heavy atom. The van der Waals surface area contributed by atoms with E-state index in [4.69, 9.17) is 0 Å². The van der Waals surface area contributed by atoms with Crippen molar-refractivity contribution < 1.29 is 4.79 Å². The van der Waals surface area contributed by atoms with Crippen LogP contribution >= 0.6 is 0 Å². The van der Waals surface area contributed by atoms with Gasteiger partial charge in [0, 0.05) is 30.7 Å². The van der Waals surface area contributed by atoms with E-state index in [1.54, 1.807) is 0 Å². The van der Waals surface area contributed by atoms with Crippen LogP contribution < -0.4 is 16.0 Å². The Morgan fingerprint density at radius 3 is 1.69 bits per heavy atom. The fourth-order valence-corrected chi connectivity index (χ4v) is 4.10. The van der Waals surface area contributed by atoms with E-state index >= 15 is 0 Å². The third kappa shape index (κ3) is 10.5. The molecule has 4 nitrogen and oxygen atoms in total. The van der Waals surface area contributed by atoms with Crippen LogP contribution in [-0.4, -0.2) is 37.6 Å². The number of hydrogen-bond acceptors (Lipinski definition) is 3. The summed E-state index contributed by atoms with van der Waals surface area (Å²) < 4.78 is 0. The fourth-order valence-electron chi connectivity index (χ4n) is 4.10. The molecule has 0 aliphatic carbocycles. The summed E-state index contributed by atoms with van der Waals surface area (Å²) in [6.45, 7) is 9.23. The summed E-state index contributed by atoms with van der Waals surface area (Å²) in [5.74, 6) is -0.0328. The number of benzene rings is 3. The summed E-state index contributed by atoms with van der Waals surface area (Å²) >= 11 is 0. The third-order valence-electron chi connectivity index (χ3n) is 6.16. The van der Waals surface area contributed by atoms with Gasteiger partial charge in [0.25, 0.3) is 5.91 Å². The summed E-state index contributed by atoms with van der Waals surface area (Å²) in [7, 11) is 0. The van der Waals surface area contributed by atoms with Gasteiger partial charge in [-0.25, -0.2) is 0 Å². The lowest BCUT2D eigenvalue weighted by Gasteiger charge is -2.26. The molecule has 3 aromatic carbocycles. The van der Waals surface area contributed by atoms with Gasteiger partial charge in [0.15, 0.2) is 0 Å². The average Bonchev–Trinajstić information content (AvgIpc) is 2.86. The van der Waals surface area contributed by atoms with Gasteiger partial charge in [-0.2, -0.15) is 0 Å². The molecule has 0 heterocycles. The van der Waals surface area contributed by atoms with Crippen LogP contribution in [0.25, 0.3) is 0 Å². The lowest BCUT2D eigenvalue weighted by atomic mass is 9.92. The molecule has 3 rings (SSSR count). The minimum absolute atomic E-state index is 0.0328. The van der Waals surface area contributed by atoms with Crippen molar-refractivity contribution in [2.45, 2.75) is 52.1 Å². The van der Waals surface area contributed by atoms with Crippen LogP contribution in [-0.2, 0) is 12.8 Å². The van der Waals surface area contributed by atoms with Crippen LogP contribution in [0.5, 0.6) is 0 Å². The number of hydrogen-bond donors (Lipinski definition) is 3. The first-order valence-corrected chi connectivity index (χ1v) is 12.8. The van der Waals surface area contributed by atoms with Crippen molar-refractivity contribution in [2.75, 3.05) is 19.6 Å². The zero-order valence-electron chi connectivity index (χ0n) is 21.5. The van der Waals surface area contributed by atoms with Crippen LogP contribution in [0.4, 0.5) is 0 Å². The summed E-state index contributed by atoms with van der Waals surface area (Å²) in [6, 6.07) is 31.0. The molecular weight excluding hydrogens is 430 g/mol. The van der Waals surface area contributed by atoms with Crippen molar-refractivity contribution >= 4 is 5.91 Å². The maximum absolute atomic E-state index is 12.7. The van der Waals surface area contributed by atoms with Crippen molar-refractivity contribution in [3.63, 3.8) is 0 Å². The van der Waals surface area contributed by atoms with E-state index in [-0.39, 0.29) is 11.9 Å². The number of amides is 1. The molecule has 3 N–H and O–H groups in total. The number of carbonyl (C=O) groups is 1. The highest BCUT2D eigenvalue weighted by Gasteiger charge is 2.17. The Morgan fingerprint density at radius 1 is 0.686 bits per heavy atom. The number of rotatable bonds is 13. The zero-order chi connectivity index (χ0) is 24.9. The van der Waals surface area contributed by atoms with Gasteiger partial charge in [0.05, 0.1) is 0 Å². The van der Waals surface area contributed by atoms with Gasteiger partial charge >= 0.3 is 0 Å². The molecule has 0 spiro atoms. The van der Waals surface area contributed by atoms with Crippen LogP contribution in [0, 0.1) is 5.41 Å². The quantitative estimate of drug-likeness (QED) is 0.319. The second-order valence-electron chi connectivity index (χ2n) is 10.5. The average molecular weight is 472 g/mol. The van der Waals surface area contributed by atoms with Crippen molar-refractivity contribution in [2.24, 2.45) is 5.41 Å². The van der Waals surface area contributed by atoms with E-state index in [2.05, 4.69) is 91.3 Å². The maximum atomic E-state index is 12.7. The zero-order valence-corrected chi connectivity index (χ0v) is 21.5. The van der Waals surface area contributed by atoms with Crippen LogP contribution in [0.15, 0.2) is 91.0 Å². The highest BCUT2D eigenvalue weighted by molar-refractivity contribution is 5.94. The van der Waals surface area contributed by atoms with Gasteiger partial charge in [-0.05, 0) is 54.5 Å². The van der Waals surface area contributed by atoms with E-state index in [1.807, 2.05) is 36.4 Å². The molecule has 3 aromatic rings. The third-order valence-corrected chi connectivity index (χ3v) is 6.16. The van der Waals surface area contributed by atoms with Gasteiger partial charge in [-0.1, -0.05) is 99.6 Å². The van der Waals surface area contributed by atoms with Crippen molar-refractivity contribution in [1.82, 2.24) is 16.0 Å². The molecule has 4 heteroatoms. The Hall–Kier alpha value is -2.95. The fraction of sp³-hybridized carbons (Fsp3) is 0.387. The Bertz CT molecular complexity index is 984. The molecular formula is C31H41N3O. The monoisotopic (exact) mass is 471 g/mol. The number of nitrogens with one attached hydrogen (secondary N) is 3. The van der Waals surface area contributed by atoms with Crippen molar-refractivity contribution in [1.29, 1.82) is 0 Å². The predicted octanol–water partition coefficient (Wildman–Crippen LogP) is 5.25. The molecule has 0 fully saturated rings. The van der Waals surface area contributed by atoms with Crippen LogP contribution in [0.1, 0.15) is 48.7 Å². The molecule has 1 amide bonds. The van der Waals surface area contributed by atoms with Gasteiger partial charge < -0.3 is 16.0 Å². The summed E-state index contributed by atoms with van der Waals surface area (Å²) in [4.78, 5) is 12.7. The second-order valence-corrected chi connectivity index (χ2v) is 10.5. The van der Waals surface area contributed by atoms with Gasteiger partial charge in [-0.15, -0.1) is 0 Å². The van der Waals surface area contributed by atoms with Crippen molar-refractivity contribution in [3.05, 3.63) is 108 Å². The van der Waals surface area contributed by atoms with Crippen LogP contribution in [0.3, 0.4) is 0 Å². The first kappa shape index (κ1) is 26.7. The Balaban J connectivity index is 1.64. The lowest BCUT2D eigenvalue weighted by Crippen LogP contribution is -2.48. The summed E-state index contributed by atoms with van der Waals surface area (Å²) in [5, 5.41) is 10.7. The largest absolute Gasteiger partial charge is 0.350 e. The molecule has 0 radical (unpaired) electrons. The normalized spacial score (nSPS) is 13.2. The summed E-state index contributed by atoms with van der Waals surface area (Å²) in [5.41, 5.74) is 3.59. The topological polar surface area (TPSA) is 53.2 Å². The molecule has 35 heavy (non-hydrogen) atoms. The smallest absolute Gasteiger partial charge is 0.251 e. The molecule has 0 aliphatic rings.